The molecule has 0 bridgehead atoms. The van der Waals surface area contributed by atoms with Crippen LogP contribution in [-0.2, 0) is 16.4 Å². The van der Waals surface area contributed by atoms with Gasteiger partial charge in [0.1, 0.15) is 0 Å². The normalized spacial score (nSPS) is 13.0. The first-order chi connectivity index (χ1) is 6.83. The molecule has 3 nitrogen and oxygen atoms in total. The average molecular weight is 247 g/mol. The first-order valence-electron chi connectivity index (χ1n) is 4.74. The zero-order valence-corrected chi connectivity index (χ0v) is 10.9. The Morgan fingerprint density at radius 1 is 1.47 bits per heavy atom. The van der Waals surface area contributed by atoms with E-state index in [2.05, 4.69) is 10.7 Å². The Morgan fingerprint density at radius 2 is 2.13 bits per heavy atom. The van der Waals surface area contributed by atoms with Crippen LogP contribution in [0.1, 0.15) is 19.4 Å². The van der Waals surface area contributed by atoms with Gasteiger partial charge in [-0.2, -0.15) is 11.3 Å². The van der Waals surface area contributed by atoms with Gasteiger partial charge in [0, 0.05) is 19.3 Å². The van der Waals surface area contributed by atoms with Gasteiger partial charge in [0.2, 0.25) is 0 Å². The number of sulfone groups is 1. The number of hydrogen-bond donors (Lipinski definition) is 1. The standard InChI is InChI=1S/C10H17NO2S2/c1-10(2,15(3,12)13)8-11-6-9-4-5-14-7-9/h4-5,7,11H,6,8H2,1-3H3. The third-order valence-corrected chi connectivity index (χ3v) is 5.35. The lowest BCUT2D eigenvalue weighted by Gasteiger charge is -2.22. The van der Waals surface area contributed by atoms with E-state index in [1.165, 1.54) is 11.8 Å². The quantitative estimate of drug-likeness (QED) is 0.861. The summed E-state index contributed by atoms with van der Waals surface area (Å²) in [5, 5.41) is 7.23. The minimum absolute atomic E-state index is 0.474. The first kappa shape index (κ1) is 12.7. The Morgan fingerprint density at radius 3 is 2.60 bits per heavy atom. The fourth-order valence-corrected chi connectivity index (χ4v) is 2.07. The number of nitrogens with one attached hydrogen (secondary N) is 1. The predicted molar refractivity (Wildman–Crippen MR) is 64.9 cm³/mol. The molecule has 0 aliphatic heterocycles. The molecule has 1 rings (SSSR count). The van der Waals surface area contributed by atoms with Crippen LogP contribution < -0.4 is 5.32 Å². The third-order valence-electron chi connectivity index (χ3n) is 2.46. The van der Waals surface area contributed by atoms with E-state index in [0.717, 1.165) is 6.54 Å². The minimum Gasteiger partial charge on any atom is -0.311 e. The van der Waals surface area contributed by atoms with Gasteiger partial charge in [-0.3, -0.25) is 0 Å². The second-order valence-electron chi connectivity index (χ2n) is 4.27. The molecule has 1 heterocycles. The summed E-state index contributed by atoms with van der Waals surface area (Å²) in [6, 6.07) is 2.03. The third kappa shape index (κ3) is 3.59. The molecule has 0 unspecified atom stereocenters. The van der Waals surface area contributed by atoms with Crippen molar-refractivity contribution >= 4 is 21.2 Å². The molecule has 0 aliphatic carbocycles. The number of rotatable bonds is 5. The van der Waals surface area contributed by atoms with E-state index in [0.29, 0.717) is 6.54 Å². The van der Waals surface area contributed by atoms with E-state index in [-0.39, 0.29) is 0 Å². The Bertz CT molecular complexity index is 393. The van der Waals surface area contributed by atoms with Crippen LogP contribution in [0.3, 0.4) is 0 Å². The molecule has 1 aromatic heterocycles. The zero-order chi connectivity index (χ0) is 11.5. The van der Waals surface area contributed by atoms with E-state index < -0.39 is 14.6 Å². The molecule has 0 amide bonds. The number of thiophene rings is 1. The van der Waals surface area contributed by atoms with Gasteiger partial charge in [-0.1, -0.05) is 0 Å². The van der Waals surface area contributed by atoms with Gasteiger partial charge in [0.15, 0.2) is 9.84 Å². The van der Waals surface area contributed by atoms with Crippen molar-refractivity contribution in [1.82, 2.24) is 5.32 Å². The van der Waals surface area contributed by atoms with Gasteiger partial charge in [0.05, 0.1) is 4.75 Å². The van der Waals surface area contributed by atoms with Gasteiger partial charge in [0.25, 0.3) is 0 Å². The topological polar surface area (TPSA) is 46.2 Å². The Labute approximate surface area is 95.4 Å². The molecule has 0 atom stereocenters. The molecule has 0 aliphatic rings. The maximum atomic E-state index is 11.4. The fourth-order valence-electron chi connectivity index (χ4n) is 1.03. The molecule has 0 fully saturated rings. The van der Waals surface area contributed by atoms with Crippen LogP contribution in [0.5, 0.6) is 0 Å². The summed E-state index contributed by atoms with van der Waals surface area (Å²) in [7, 11) is -3.00. The first-order valence-corrected chi connectivity index (χ1v) is 7.58. The van der Waals surface area contributed by atoms with Crippen molar-refractivity contribution in [3.63, 3.8) is 0 Å². The lowest BCUT2D eigenvalue weighted by atomic mass is 10.2. The second kappa shape index (κ2) is 4.63. The van der Waals surface area contributed by atoms with Crippen molar-refractivity contribution in [1.29, 1.82) is 0 Å². The molecule has 0 aromatic carbocycles. The maximum Gasteiger partial charge on any atom is 0.153 e. The van der Waals surface area contributed by atoms with Gasteiger partial charge < -0.3 is 5.32 Å². The highest BCUT2D eigenvalue weighted by atomic mass is 32.2. The summed E-state index contributed by atoms with van der Waals surface area (Å²) in [5.41, 5.74) is 1.20. The van der Waals surface area contributed by atoms with Gasteiger partial charge in [-0.25, -0.2) is 8.42 Å². The Hall–Kier alpha value is -0.390. The molecule has 0 saturated heterocycles. The fraction of sp³-hybridized carbons (Fsp3) is 0.600. The van der Waals surface area contributed by atoms with Crippen LogP contribution in [0.15, 0.2) is 16.8 Å². The molecular weight excluding hydrogens is 230 g/mol. The highest BCUT2D eigenvalue weighted by molar-refractivity contribution is 7.92. The SMILES string of the molecule is CC(C)(CNCc1ccsc1)S(C)(=O)=O. The van der Waals surface area contributed by atoms with Crippen molar-refractivity contribution in [3.05, 3.63) is 22.4 Å². The summed E-state index contributed by atoms with van der Waals surface area (Å²) < 4.78 is 22.1. The highest BCUT2D eigenvalue weighted by Gasteiger charge is 2.29. The molecule has 1 N–H and O–H groups in total. The molecule has 1 aromatic rings. The van der Waals surface area contributed by atoms with Crippen LogP contribution in [0.25, 0.3) is 0 Å². The van der Waals surface area contributed by atoms with Gasteiger partial charge in [-0.15, -0.1) is 0 Å². The largest absolute Gasteiger partial charge is 0.311 e. The van der Waals surface area contributed by atoms with Crippen molar-refractivity contribution in [2.75, 3.05) is 12.8 Å². The average Bonchev–Trinajstić information content (AvgIpc) is 2.54. The van der Waals surface area contributed by atoms with E-state index in [1.54, 1.807) is 25.2 Å². The number of hydrogen-bond acceptors (Lipinski definition) is 4. The molecule has 5 heteroatoms. The summed E-state index contributed by atoms with van der Waals surface area (Å²) >= 11 is 1.64. The molecule has 15 heavy (non-hydrogen) atoms. The van der Waals surface area contributed by atoms with Crippen LogP contribution in [0.4, 0.5) is 0 Å². The van der Waals surface area contributed by atoms with Crippen molar-refractivity contribution in [2.45, 2.75) is 25.1 Å². The van der Waals surface area contributed by atoms with Crippen LogP contribution in [-0.4, -0.2) is 26.0 Å². The summed E-state index contributed by atoms with van der Waals surface area (Å²) in [6.45, 7) is 4.68. The lowest BCUT2D eigenvalue weighted by Crippen LogP contribution is -2.41. The second-order valence-corrected chi connectivity index (χ2v) is 7.70. The van der Waals surface area contributed by atoms with Crippen LogP contribution >= 0.6 is 11.3 Å². The van der Waals surface area contributed by atoms with Crippen molar-refractivity contribution in [2.24, 2.45) is 0 Å². The van der Waals surface area contributed by atoms with E-state index in [4.69, 9.17) is 0 Å². The van der Waals surface area contributed by atoms with Crippen LogP contribution in [0.2, 0.25) is 0 Å². The Balaban J connectivity index is 2.44. The van der Waals surface area contributed by atoms with E-state index >= 15 is 0 Å². The highest BCUT2D eigenvalue weighted by Crippen LogP contribution is 2.14. The van der Waals surface area contributed by atoms with Gasteiger partial charge >= 0.3 is 0 Å². The predicted octanol–water partition coefficient (Wildman–Crippen LogP) is 1.66. The zero-order valence-electron chi connectivity index (χ0n) is 9.28. The molecule has 0 radical (unpaired) electrons. The molecule has 86 valence electrons. The summed E-state index contributed by atoms with van der Waals surface area (Å²) in [5.74, 6) is 0. The van der Waals surface area contributed by atoms with Gasteiger partial charge in [-0.05, 0) is 36.2 Å². The summed E-state index contributed by atoms with van der Waals surface area (Å²) in [4.78, 5) is 0. The monoisotopic (exact) mass is 247 g/mol. The Kier molecular flexibility index (Phi) is 3.92. The lowest BCUT2D eigenvalue weighted by molar-refractivity contribution is 0.521. The van der Waals surface area contributed by atoms with E-state index in [9.17, 15) is 8.42 Å². The van der Waals surface area contributed by atoms with Crippen molar-refractivity contribution in [3.8, 4) is 0 Å². The summed E-state index contributed by atoms with van der Waals surface area (Å²) in [6.07, 6.45) is 1.28. The smallest absolute Gasteiger partial charge is 0.153 e. The van der Waals surface area contributed by atoms with Crippen molar-refractivity contribution < 1.29 is 8.42 Å². The molecule has 0 spiro atoms. The van der Waals surface area contributed by atoms with E-state index in [1.807, 2.05) is 11.4 Å². The minimum atomic E-state index is -3.00. The maximum absolute atomic E-state index is 11.4. The van der Waals surface area contributed by atoms with Crippen LogP contribution in [0, 0.1) is 0 Å². The molecule has 0 saturated carbocycles. The molecular formula is C10H17NO2S2.